The van der Waals surface area contributed by atoms with Gasteiger partial charge in [0.25, 0.3) is 0 Å². The summed E-state index contributed by atoms with van der Waals surface area (Å²) in [7, 11) is 0. The molecule has 10 rings (SSSR count). The Kier molecular flexibility index (Phi) is 8.78. The van der Waals surface area contributed by atoms with E-state index in [0.717, 1.165) is 33.3 Å². The molecule has 56 heavy (non-hydrogen) atoms. The minimum Gasteiger partial charge on any atom is -0.509 e. The number of hydrogen-bond donors (Lipinski definition) is 0. The third-order valence-electron chi connectivity index (χ3n) is 12.4. The zero-order valence-electron chi connectivity index (χ0n) is 33.2. The number of ether oxygens (including phenoxy) is 1. The summed E-state index contributed by atoms with van der Waals surface area (Å²) in [5.41, 5.74) is 10.9. The summed E-state index contributed by atoms with van der Waals surface area (Å²) in [4.78, 5) is 4.88. The average Bonchev–Trinajstić information content (AvgIpc) is 3.68. The van der Waals surface area contributed by atoms with E-state index < -0.39 is 0 Å². The zero-order chi connectivity index (χ0) is 37.7. The first-order chi connectivity index (χ1) is 26.5. The molecule has 7 aromatic rings. The van der Waals surface area contributed by atoms with Gasteiger partial charge in [-0.15, -0.1) is 35.2 Å². The van der Waals surface area contributed by atoms with Crippen LogP contribution in [0.5, 0.6) is 11.5 Å². The van der Waals surface area contributed by atoms with E-state index in [0.29, 0.717) is 26.6 Å². The number of quaternary nitrogens is 2. The first-order valence-corrected chi connectivity index (χ1v) is 20.0. The molecule has 1 saturated heterocycles. The third-order valence-corrected chi connectivity index (χ3v) is 12.4. The van der Waals surface area contributed by atoms with Crippen molar-refractivity contribution in [1.29, 1.82) is 0 Å². The molecule has 0 N–H and O–H groups in total. The summed E-state index contributed by atoms with van der Waals surface area (Å²) in [6, 6.07) is 47.4. The van der Waals surface area contributed by atoms with E-state index in [1.807, 2.05) is 12.3 Å². The summed E-state index contributed by atoms with van der Waals surface area (Å²) < 4.78 is 10.3. The summed E-state index contributed by atoms with van der Waals surface area (Å²) in [5.74, 6) is 2.87. The van der Waals surface area contributed by atoms with Gasteiger partial charge in [0.1, 0.15) is 5.82 Å². The fraction of sp³-hybridized carbons (Fsp3) is 0.280. The predicted molar refractivity (Wildman–Crippen MR) is 226 cm³/mol. The summed E-state index contributed by atoms with van der Waals surface area (Å²) in [5, 5.41) is 2.28. The van der Waals surface area contributed by atoms with Gasteiger partial charge in [-0.25, -0.2) is 9.58 Å². The van der Waals surface area contributed by atoms with Crippen LogP contribution in [-0.4, -0.2) is 9.55 Å². The standard InChI is InChI=1S/C50H49N4O.Pt/c1-49(2,3)36-25-26-51-48(30-36)52-44-20-11-10-19-42(44)43-24-23-40(32-45(43)52)55-41-29-37(50(4,5)6)28-39(31-41)54-33-53(54,46-21-12-13-22-47(46)54)38-18-14-17-35(27-38)34-15-8-7-9-16-34;/h10-14,17-30,33-34H,7-9,15-16H2,1-6H3;/q-1;/t53-,54?;/m0./s1. The van der Waals surface area contributed by atoms with Gasteiger partial charge in [-0.2, -0.15) is 10.7 Å². The van der Waals surface area contributed by atoms with Gasteiger partial charge >= 0.3 is 0 Å². The second-order valence-electron chi connectivity index (χ2n) is 18.0. The predicted octanol–water partition coefficient (Wildman–Crippen LogP) is 13.6. The molecule has 2 atom stereocenters. The van der Waals surface area contributed by atoms with E-state index in [9.17, 15) is 0 Å². The molecule has 286 valence electrons. The van der Waals surface area contributed by atoms with Crippen LogP contribution in [0.25, 0.3) is 27.6 Å². The molecule has 1 unspecified atom stereocenters. The molecular weight excluding hydrogens is 868 g/mol. The Bertz CT molecular complexity index is 2640. The SMILES string of the molecule is CC(C)(C)c1cc(Oc2[c-]c3c(cc2)c2ccccc2n3-c2cc(C(C)(C)C)ccn2)[c-]c([N+]23[CH-][N@+]2(c2cccc(C4CCCCC4)c2)c2ccccc23)c1.[Pt]. The van der Waals surface area contributed by atoms with Crippen molar-refractivity contribution in [2.75, 3.05) is 0 Å². The van der Waals surface area contributed by atoms with Crippen LogP contribution in [0.2, 0.25) is 0 Å². The van der Waals surface area contributed by atoms with Crippen LogP contribution in [0.4, 0.5) is 22.7 Å². The van der Waals surface area contributed by atoms with Gasteiger partial charge < -0.3 is 9.30 Å². The molecule has 0 spiro atoms. The first-order valence-electron chi connectivity index (χ1n) is 20.0. The van der Waals surface area contributed by atoms with E-state index in [2.05, 4.69) is 168 Å². The zero-order valence-corrected chi connectivity index (χ0v) is 35.4. The van der Waals surface area contributed by atoms with E-state index in [1.165, 1.54) is 65.9 Å². The van der Waals surface area contributed by atoms with Crippen LogP contribution < -0.4 is 13.9 Å². The Labute approximate surface area is 346 Å². The van der Waals surface area contributed by atoms with Gasteiger partial charge in [0.2, 0.25) is 11.4 Å². The molecule has 1 saturated carbocycles. The van der Waals surface area contributed by atoms with Crippen molar-refractivity contribution in [3.8, 4) is 17.3 Å². The fourth-order valence-corrected chi connectivity index (χ4v) is 9.35. The molecule has 3 aliphatic rings. The Morgan fingerprint density at radius 2 is 1.41 bits per heavy atom. The van der Waals surface area contributed by atoms with Gasteiger partial charge in [-0.05, 0) is 64.3 Å². The Balaban J connectivity index is 0.00000410. The van der Waals surface area contributed by atoms with Crippen molar-refractivity contribution in [2.24, 2.45) is 0 Å². The average molecular weight is 917 g/mol. The van der Waals surface area contributed by atoms with Gasteiger partial charge in [0, 0.05) is 68.5 Å². The summed E-state index contributed by atoms with van der Waals surface area (Å²) in [6.45, 7) is 16.0. The number of hydrogen-bond acceptors (Lipinski definition) is 2. The van der Waals surface area contributed by atoms with Crippen LogP contribution in [0.1, 0.15) is 96.3 Å². The molecule has 0 amide bonds. The minimum absolute atomic E-state index is 0. The summed E-state index contributed by atoms with van der Waals surface area (Å²) >= 11 is 0. The van der Waals surface area contributed by atoms with Crippen LogP contribution in [-0.2, 0) is 31.9 Å². The van der Waals surface area contributed by atoms with Crippen LogP contribution in [0.15, 0.2) is 115 Å². The van der Waals surface area contributed by atoms with Crippen LogP contribution in [0, 0.1) is 18.8 Å². The Hall–Kier alpha value is -4.54. The van der Waals surface area contributed by atoms with Crippen molar-refractivity contribution in [3.63, 3.8) is 0 Å². The van der Waals surface area contributed by atoms with E-state index in [-0.39, 0.29) is 31.9 Å². The smallest absolute Gasteiger partial charge is 0.225 e. The number of para-hydroxylation sites is 3. The molecule has 0 bridgehead atoms. The molecule has 1 aliphatic carbocycles. The quantitative estimate of drug-likeness (QED) is 0.0944. The molecule has 2 aliphatic heterocycles. The molecular formula is C50H49N4OPt-. The van der Waals surface area contributed by atoms with Crippen molar-refractivity contribution in [3.05, 3.63) is 151 Å². The fourth-order valence-electron chi connectivity index (χ4n) is 9.35. The first kappa shape index (κ1) is 37.1. The Morgan fingerprint density at radius 1 is 0.679 bits per heavy atom. The molecule has 6 heteroatoms. The number of nitrogens with zero attached hydrogens (tertiary/aromatic N) is 4. The monoisotopic (exact) mass is 916 g/mol. The van der Waals surface area contributed by atoms with Crippen LogP contribution in [0.3, 0.4) is 0 Å². The minimum atomic E-state index is -0.110. The van der Waals surface area contributed by atoms with Gasteiger partial charge in [0.05, 0.1) is 5.69 Å². The molecule has 5 aromatic carbocycles. The van der Waals surface area contributed by atoms with Crippen LogP contribution >= 0.6 is 0 Å². The maximum Gasteiger partial charge on any atom is 0.225 e. The van der Waals surface area contributed by atoms with E-state index in [4.69, 9.17) is 9.72 Å². The maximum absolute atomic E-state index is 6.86. The van der Waals surface area contributed by atoms with Crippen molar-refractivity contribution >= 4 is 44.6 Å². The Morgan fingerprint density at radius 3 is 2.18 bits per heavy atom. The normalized spacial score (nSPS) is 20.5. The molecule has 4 heterocycles. The van der Waals surface area contributed by atoms with E-state index in [1.54, 1.807) is 0 Å². The van der Waals surface area contributed by atoms with Gasteiger partial charge in [0.15, 0.2) is 12.4 Å². The number of rotatable bonds is 6. The molecule has 5 nitrogen and oxygen atoms in total. The second-order valence-corrected chi connectivity index (χ2v) is 18.0. The van der Waals surface area contributed by atoms with Gasteiger partial charge in [-0.3, -0.25) is 0 Å². The molecule has 2 fully saturated rings. The number of aromatic nitrogens is 2. The second kappa shape index (κ2) is 13.3. The third kappa shape index (κ3) is 5.64. The largest absolute Gasteiger partial charge is 0.509 e. The topological polar surface area (TPSA) is 27.1 Å². The summed E-state index contributed by atoms with van der Waals surface area (Å²) in [6.07, 6.45) is 8.51. The van der Waals surface area contributed by atoms with Crippen molar-refractivity contribution in [2.45, 2.75) is 90.4 Å². The molecule has 0 radical (unpaired) electrons. The maximum atomic E-state index is 6.86. The van der Waals surface area contributed by atoms with Crippen molar-refractivity contribution < 1.29 is 25.8 Å². The van der Waals surface area contributed by atoms with Crippen molar-refractivity contribution in [1.82, 2.24) is 18.7 Å². The van der Waals surface area contributed by atoms with Gasteiger partial charge in [-0.1, -0.05) is 115 Å². The van der Waals surface area contributed by atoms with E-state index >= 15 is 0 Å². The molecule has 2 aromatic heterocycles. The number of fused-ring (bicyclic) bond motifs is 7. The number of pyridine rings is 1. The number of benzene rings is 5.